The fraction of sp³-hybridized carbons (Fsp3) is 0.368. The van der Waals surface area contributed by atoms with Gasteiger partial charge in [-0.2, -0.15) is 4.98 Å². The standard InChI is InChI=1S/C19H22N6O/c1-14-9-10-20-19-22-17(23-25(14)19)18(26)21-16(13-24-11-5-6-12-24)15-7-3-2-4-8-15/h2-4,7-10,16H,5-6,11-13H2,1H3,(H,21,26). The second kappa shape index (κ2) is 7.21. The second-order valence-corrected chi connectivity index (χ2v) is 6.68. The van der Waals surface area contributed by atoms with Crippen molar-refractivity contribution in [1.29, 1.82) is 0 Å². The number of aryl methyl sites for hydroxylation is 1. The minimum atomic E-state index is -0.275. The topological polar surface area (TPSA) is 75.4 Å². The van der Waals surface area contributed by atoms with Gasteiger partial charge in [-0.15, -0.1) is 5.10 Å². The van der Waals surface area contributed by atoms with Gasteiger partial charge >= 0.3 is 0 Å². The molecule has 3 aromatic rings. The molecule has 1 amide bonds. The number of carbonyl (C=O) groups is 1. The molecule has 26 heavy (non-hydrogen) atoms. The summed E-state index contributed by atoms with van der Waals surface area (Å²) in [7, 11) is 0. The Morgan fingerprint density at radius 3 is 2.69 bits per heavy atom. The number of hydrogen-bond acceptors (Lipinski definition) is 5. The lowest BCUT2D eigenvalue weighted by Gasteiger charge is -2.24. The number of aromatic nitrogens is 4. The molecule has 7 nitrogen and oxygen atoms in total. The molecule has 1 aromatic carbocycles. The van der Waals surface area contributed by atoms with Crippen LogP contribution in [0.5, 0.6) is 0 Å². The zero-order valence-corrected chi connectivity index (χ0v) is 14.8. The molecule has 1 N–H and O–H groups in total. The van der Waals surface area contributed by atoms with Gasteiger partial charge in [0.2, 0.25) is 5.82 Å². The van der Waals surface area contributed by atoms with E-state index in [1.165, 1.54) is 12.8 Å². The Balaban J connectivity index is 1.57. The Morgan fingerprint density at radius 1 is 1.19 bits per heavy atom. The Hall–Kier alpha value is -2.80. The third-order valence-electron chi connectivity index (χ3n) is 4.78. The van der Waals surface area contributed by atoms with Crippen LogP contribution in [0.3, 0.4) is 0 Å². The van der Waals surface area contributed by atoms with Crippen LogP contribution in [-0.2, 0) is 0 Å². The van der Waals surface area contributed by atoms with Gasteiger partial charge in [0, 0.05) is 18.4 Å². The number of hydrogen-bond donors (Lipinski definition) is 1. The molecule has 0 saturated carbocycles. The number of nitrogens with one attached hydrogen (secondary N) is 1. The maximum Gasteiger partial charge on any atom is 0.291 e. The van der Waals surface area contributed by atoms with E-state index in [1.54, 1.807) is 10.7 Å². The van der Waals surface area contributed by atoms with Crippen LogP contribution in [-0.4, -0.2) is 50.0 Å². The maximum atomic E-state index is 12.8. The molecule has 1 aliphatic heterocycles. The number of benzene rings is 1. The monoisotopic (exact) mass is 350 g/mol. The summed E-state index contributed by atoms with van der Waals surface area (Å²) in [6.07, 6.45) is 4.10. The van der Waals surface area contributed by atoms with E-state index in [0.29, 0.717) is 5.78 Å². The average Bonchev–Trinajstić information content (AvgIpc) is 3.32. The van der Waals surface area contributed by atoms with E-state index in [1.807, 2.05) is 43.3 Å². The van der Waals surface area contributed by atoms with Crippen molar-refractivity contribution in [1.82, 2.24) is 29.8 Å². The average molecular weight is 350 g/mol. The molecular weight excluding hydrogens is 328 g/mol. The van der Waals surface area contributed by atoms with Crippen LogP contribution < -0.4 is 5.32 Å². The number of rotatable bonds is 5. The van der Waals surface area contributed by atoms with Crippen molar-refractivity contribution in [3.63, 3.8) is 0 Å². The highest BCUT2D eigenvalue weighted by Gasteiger charge is 2.23. The maximum absolute atomic E-state index is 12.8. The van der Waals surface area contributed by atoms with Gasteiger partial charge in [-0.05, 0) is 44.5 Å². The van der Waals surface area contributed by atoms with Crippen molar-refractivity contribution in [2.45, 2.75) is 25.8 Å². The first kappa shape index (κ1) is 16.7. The van der Waals surface area contributed by atoms with E-state index < -0.39 is 0 Å². The largest absolute Gasteiger partial charge is 0.341 e. The normalized spacial score (nSPS) is 16.0. The molecule has 1 fully saturated rings. The molecule has 0 bridgehead atoms. The van der Waals surface area contributed by atoms with Crippen LogP contribution >= 0.6 is 0 Å². The molecule has 1 saturated heterocycles. The first-order valence-electron chi connectivity index (χ1n) is 8.97. The molecule has 0 aliphatic carbocycles. The summed E-state index contributed by atoms with van der Waals surface area (Å²) in [6.45, 7) is 4.86. The molecule has 3 heterocycles. The lowest BCUT2D eigenvalue weighted by Crippen LogP contribution is -2.37. The van der Waals surface area contributed by atoms with Gasteiger partial charge in [-0.3, -0.25) is 4.79 Å². The van der Waals surface area contributed by atoms with E-state index in [0.717, 1.165) is 30.9 Å². The summed E-state index contributed by atoms with van der Waals surface area (Å²) in [6, 6.07) is 11.8. The lowest BCUT2D eigenvalue weighted by atomic mass is 10.1. The zero-order chi connectivity index (χ0) is 17.9. The third kappa shape index (κ3) is 3.43. The van der Waals surface area contributed by atoms with Crippen LogP contribution in [0.15, 0.2) is 42.6 Å². The summed E-state index contributed by atoms with van der Waals surface area (Å²) >= 11 is 0. The summed E-state index contributed by atoms with van der Waals surface area (Å²) in [5.41, 5.74) is 1.98. The van der Waals surface area contributed by atoms with E-state index in [4.69, 9.17) is 0 Å². The van der Waals surface area contributed by atoms with Gasteiger partial charge in [-0.1, -0.05) is 30.3 Å². The highest BCUT2D eigenvalue weighted by atomic mass is 16.2. The molecule has 2 aromatic heterocycles. The Morgan fingerprint density at radius 2 is 1.96 bits per heavy atom. The zero-order valence-electron chi connectivity index (χ0n) is 14.8. The summed E-state index contributed by atoms with van der Waals surface area (Å²) in [5, 5.41) is 7.42. The van der Waals surface area contributed by atoms with E-state index >= 15 is 0 Å². The SMILES string of the molecule is Cc1ccnc2nc(C(=O)NC(CN3CCCC3)c3ccccc3)nn12. The molecule has 134 valence electrons. The molecule has 4 rings (SSSR count). The molecule has 1 aliphatic rings. The predicted molar refractivity (Wildman–Crippen MR) is 97.8 cm³/mol. The molecule has 7 heteroatoms. The summed E-state index contributed by atoms with van der Waals surface area (Å²) in [4.78, 5) is 23.6. The minimum absolute atomic E-state index is 0.0949. The second-order valence-electron chi connectivity index (χ2n) is 6.68. The number of nitrogens with zero attached hydrogens (tertiary/aromatic N) is 5. The van der Waals surface area contributed by atoms with Crippen LogP contribution in [0.2, 0.25) is 0 Å². The van der Waals surface area contributed by atoms with E-state index in [-0.39, 0.29) is 17.8 Å². The van der Waals surface area contributed by atoms with Crippen molar-refractivity contribution in [3.8, 4) is 0 Å². The van der Waals surface area contributed by atoms with Crippen molar-refractivity contribution >= 4 is 11.7 Å². The minimum Gasteiger partial charge on any atom is -0.341 e. The van der Waals surface area contributed by atoms with Crippen molar-refractivity contribution in [3.05, 3.63) is 59.7 Å². The first-order chi connectivity index (χ1) is 12.7. The van der Waals surface area contributed by atoms with Crippen LogP contribution in [0.4, 0.5) is 0 Å². The molecule has 1 atom stereocenters. The number of carbonyl (C=O) groups excluding carboxylic acids is 1. The highest BCUT2D eigenvalue weighted by Crippen LogP contribution is 2.18. The fourth-order valence-electron chi connectivity index (χ4n) is 3.37. The van der Waals surface area contributed by atoms with Gasteiger partial charge in [0.25, 0.3) is 11.7 Å². The van der Waals surface area contributed by atoms with Gasteiger partial charge in [-0.25, -0.2) is 9.50 Å². The van der Waals surface area contributed by atoms with E-state index in [9.17, 15) is 4.79 Å². The number of amides is 1. The van der Waals surface area contributed by atoms with Crippen LogP contribution in [0, 0.1) is 6.92 Å². The van der Waals surface area contributed by atoms with E-state index in [2.05, 4.69) is 25.3 Å². The van der Waals surface area contributed by atoms with Gasteiger partial charge in [0.15, 0.2) is 0 Å². The Bertz CT molecular complexity index is 901. The van der Waals surface area contributed by atoms with Crippen LogP contribution in [0.25, 0.3) is 5.78 Å². The van der Waals surface area contributed by atoms with Crippen molar-refractivity contribution in [2.24, 2.45) is 0 Å². The van der Waals surface area contributed by atoms with Crippen molar-refractivity contribution in [2.75, 3.05) is 19.6 Å². The molecule has 1 unspecified atom stereocenters. The molecular formula is C19H22N6O. The van der Waals surface area contributed by atoms with Gasteiger partial charge in [0.05, 0.1) is 6.04 Å². The van der Waals surface area contributed by atoms with Crippen molar-refractivity contribution < 1.29 is 4.79 Å². The third-order valence-corrected chi connectivity index (χ3v) is 4.78. The lowest BCUT2D eigenvalue weighted by molar-refractivity contribution is 0.0917. The van der Waals surface area contributed by atoms with Crippen LogP contribution in [0.1, 0.15) is 40.8 Å². The summed E-state index contributed by atoms with van der Waals surface area (Å²) in [5.74, 6) is 0.308. The summed E-state index contributed by atoms with van der Waals surface area (Å²) < 4.78 is 1.59. The number of fused-ring (bicyclic) bond motifs is 1. The smallest absolute Gasteiger partial charge is 0.291 e. The highest BCUT2D eigenvalue weighted by molar-refractivity contribution is 5.91. The molecule has 0 radical (unpaired) electrons. The Kier molecular flexibility index (Phi) is 4.62. The predicted octanol–water partition coefficient (Wildman–Crippen LogP) is 2.00. The van der Waals surface area contributed by atoms with Gasteiger partial charge in [0.1, 0.15) is 0 Å². The number of likely N-dealkylation sites (tertiary alicyclic amines) is 1. The van der Waals surface area contributed by atoms with Gasteiger partial charge < -0.3 is 10.2 Å². The quantitative estimate of drug-likeness (QED) is 0.762. The Labute approximate surface area is 152 Å². The first-order valence-corrected chi connectivity index (χ1v) is 8.97. The fourth-order valence-corrected chi connectivity index (χ4v) is 3.37. The molecule has 0 spiro atoms.